The molecule has 0 aliphatic carbocycles. The van der Waals surface area contributed by atoms with E-state index < -0.39 is 0 Å². The predicted molar refractivity (Wildman–Crippen MR) is 32.0 cm³/mol. The number of nitriles is 1. The maximum Gasteiger partial charge on any atom is 0.0621 e. The molecule has 0 bridgehead atoms. The molecule has 0 aliphatic heterocycles. The second-order valence-corrected chi connectivity index (χ2v) is 1.72. The van der Waals surface area contributed by atoms with E-state index in [2.05, 4.69) is 6.07 Å². The molecule has 0 saturated heterocycles. The van der Waals surface area contributed by atoms with E-state index >= 15 is 0 Å². The fraction of sp³-hybridized carbons (Fsp3) is 0.833. The Morgan fingerprint density at radius 3 is 2.50 bits per heavy atom. The van der Waals surface area contributed by atoms with Crippen molar-refractivity contribution in [2.45, 2.75) is 25.7 Å². The van der Waals surface area contributed by atoms with Crippen LogP contribution in [-0.4, -0.2) is 6.54 Å². The van der Waals surface area contributed by atoms with Gasteiger partial charge in [-0.3, -0.25) is 5.73 Å². The van der Waals surface area contributed by atoms with Crippen molar-refractivity contribution in [1.82, 2.24) is 5.73 Å². The Morgan fingerprint density at radius 1 is 1.25 bits per heavy atom. The van der Waals surface area contributed by atoms with Gasteiger partial charge in [0.1, 0.15) is 0 Å². The van der Waals surface area contributed by atoms with Gasteiger partial charge in [-0.15, -0.1) is 0 Å². The Bertz CT molecular complexity index is 73.1. The highest BCUT2D eigenvalue weighted by Gasteiger charge is 1.83. The molecule has 0 unspecified atom stereocenters. The minimum Gasteiger partial charge on any atom is -0.258 e. The van der Waals surface area contributed by atoms with Crippen LogP contribution < -0.4 is 5.73 Å². The molecule has 0 aromatic rings. The van der Waals surface area contributed by atoms with Crippen LogP contribution in [0, 0.1) is 11.3 Å². The summed E-state index contributed by atoms with van der Waals surface area (Å²) in [6.45, 7) is 0.505. The second-order valence-electron chi connectivity index (χ2n) is 1.72. The van der Waals surface area contributed by atoms with Crippen molar-refractivity contribution in [1.29, 1.82) is 5.26 Å². The predicted octanol–water partition coefficient (Wildman–Crippen LogP) is 1.35. The van der Waals surface area contributed by atoms with E-state index in [9.17, 15) is 0 Å². The van der Waals surface area contributed by atoms with Crippen LogP contribution in [0.5, 0.6) is 0 Å². The highest BCUT2D eigenvalue weighted by Crippen LogP contribution is 1.95. The molecule has 45 valence electrons. The Morgan fingerprint density at radius 2 is 2.00 bits per heavy atom. The first-order valence-corrected chi connectivity index (χ1v) is 2.93. The molecule has 0 aliphatic rings. The summed E-state index contributed by atoms with van der Waals surface area (Å²) in [4.78, 5) is 0. The third kappa shape index (κ3) is 5.45. The van der Waals surface area contributed by atoms with Crippen LogP contribution in [0.3, 0.4) is 0 Å². The Hall–Kier alpha value is -0.550. The van der Waals surface area contributed by atoms with Crippen LogP contribution in [-0.2, 0) is 0 Å². The van der Waals surface area contributed by atoms with Gasteiger partial charge in [0.2, 0.25) is 0 Å². The lowest BCUT2D eigenvalue weighted by Crippen LogP contribution is -1.83. The van der Waals surface area contributed by atoms with Gasteiger partial charge >= 0.3 is 0 Å². The highest BCUT2D eigenvalue weighted by molar-refractivity contribution is 4.67. The number of rotatable bonds is 4. The van der Waals surface area contributed by atoms with E-state index in [-0.39, 0.29) is 0 Å². The Balaban J connectivity index is 2.65. The zero-order valence-corrected chi connectivity index (χ0v) is 4.98. The van der Waals surface area contributed by atoms with E-state index in [4.69, 9.17) is 11.0 Å². The van der Waals surface area contributed by atoms with E-state index in [1.54, 1.807) is 0 Å². The van der Waals surface area contributed by atoms with E-state index in [1.807, 2.05) is 0 Å². The molecule has 1 N–H and O–H groups in total. The summed E-state index contributed by atoms with van der Waals surface area (Å²) in [6, 6.07) is 2.07. The molecule has 0 heterocycles. The van der Waals surface area contributed by atoms with Gasteiger partial charge < -0.3 is 0 Å². The molecular weight excluding hydrogens is 100 g/mol. The van der Waals surface area contributed by atoms with Crippen LogP contribution in [0.4, 0.5) is 0 Å². The molecule has 0 saturated carbocycles. The van der Waals surface area contributed by atoms with Gasteiger partial charge in [0, 0.05) is 13.0 Å². The molecule has 0 aromatic carbocycles. The number of hydrogen-bond donors (Lipinski definition) is 0. The maximum absolute atomic E-state index is 8.07. The van der Waals surface area contributed by atoms with Gasteiger partial charge in [-0.05, 0) is 12.8 Å². The zero-order valence-electron chi connectivity index (χ0n) is 4.98. The average Bonchev–Trinajstić information content (AvgIpc) is 1.81. The van der Waals surface area contributed by atoms with Crippen LogP contribution in [0.1, 0.15) is 25.7 Å². The fourth-order valence-corrected chi connectivity index (χ4v) is 0.506. The summed E-state index contributed by atoms with van der Waals surface area (Å²) in [5.74, 6) is 0. The molecular formula is C6H11N2. The lowest BCUT2D eigenvalue weighted by molar-refractivity contribution is 0.692. The first-order chi connectivity index (χ1) is 3.91. The number of hydrogen-bond acceptors (Lipinski definition) is 1. The second kappa shape index (κ2) is 6.45. The van der Waals surface area contributed by atoms with Gasteiger partial charge in [0.15, 0.2) is 0 Å². The molecule has 0 spiro atoms. The van der Waals surface area contributed by atoms with Crippen molar-refractivity contribution in [2.24, 2.45) is 0 Å². The van der Waals surface area contributed by atoms with Crippen LogP contribution in [0.25, 0.3) is 0 Å². The van der Waals surface area contributed by atoms with Crippen molar-refractivity contribution in [3.63, 3.8) is 0 Å². The molecule has 0 amide bonds. The molecule has 1 radical (unpaired) electrons. The van der Waals surface area contributed by atoms with E-state index in [0.29, 0.717) is 13.0 Å². The molecule has 0 rings (SSSR count). The largest absolute Gasteiger partial charge is 0.258 e. The summed E-state index contributed by atoms with van der Waals surface area (Å²) < 4.78 is 0. The maximum atomic E-state index is 8.07. The lowest BCUT2D eigenvalue weighted by atomic mass is 10.2. The summed E-state index contributed by atoms with van der Waals surface area (Å²) >= 11 is 0. The molecule has 0 fully saturated rings. The summed E-state index contributed by atoms with van der Waals surface area (Å²) in [5.41, 5.74) is 6.76. The molecule has 2 nitrogen and oxygen atoms in total. The molecule has 2 heteroatoms. The minimum atomic E-state index is 0.505. The Kier molecular flexibility index (Phi) is 6.01. The number of nitrogens with zero attached hydrogens (tertiary/aromatic N) is 1. The smallest absolute Gasteiger partial charge is 0.0621 e. The van der Waals surface area contributed by atoms with Gasteiger partial charge in [-0.1, -0.05) is 6.42 Å². The van der Waals surface area contributed by atoms with Gasteiger partial charge in [-0.25, -0.2) is 0 Å². The van der Waals surface area contributed by atoms with Crippen molar-refractivity contribution in [2.75, 3.05) is 6.54 Å². The van der Waals surface area contributed by atoms with Gasteiger partial charge in [0.05, 0.1) is 6.07 Å². The van der Waals surface area contributed by atoms with Crippen molar-refractivity contribution in [3.8, 4) is 6.07 Å². The summed E-state index contributed by atoms with van der Waals surface area (Å²) in [6.07, 6.45) is 3.61. The topological polar surface area (TPSA) is 47.6 Å². The van der Waals surface area contributed by atoms with Crippen molar-refractivity contribution < 1.29 is 0 Å². The van der Waals surface area contributed by atoms with E-state index in [0.717, 1.165) is 19.3 Å². The van der Waals surface area contributed by atoms with Crippen LogP contribution >= 0.6 is 0 Å². The first kappa shape index (κ1) is 7.45. The summed E-state index contributed by atoms with van der Waals surface area (Å²) in [5, 5.41) is 8.07. The molecule has 8 heavy (non-hydrogen) atoms. The van der Waals surface area contributed by atoms with E-state index in [1.165, 1.54) is 0 Å². The molecule has 0 aromatic heterocycles. The quantitative estimate of drug-likeness (QED) is 0.505. The fourth-order valence-electron chi connectivity index (χ4n) is 0.506. The van der Waals surface area contributed by atoms with Gasteiger partial charge in [0.25, 0.3) is 0 Å². The highest BCUT2D eigenvalue weighted by atomic mass is 14.5. The first-order valence-electron chi connectivity index (χ1n) is 2.93. The number of unbranched alkanes of at least 4 members (excludes halogenated alkanes) is 3. The average molecular weight is 111 g/mol. The third-order valence-corrected chi connectivity index (χ3v) is 0.965. The monoisotopic (exact) mass is 111 g/mol. The normalized spacial score (nSPS) is 8.50. The number of nitrogens with one attached hydrogen (secondary N) is 1. The van der Waals surface area contributed by atoms with Crippen LogP contribution in [0.15, 0.2) is 0 Å². The molecule has 0 atom stereocenters. The lowest BCUT2D eigenvalue weighted by Gasteiger charge is -1.89. The minimum absolute atomic E-state index is 0.505. The third-order valence-electron chi connectivity index (χ3n) is 0.965. The van der Waals surface area contributed by atoms with Gasteiger partial charge in [-0.2, -0.15) is 5.26 Å². The summed E-state index contributed by atoms with van der Waals surface area (Å²) in [7, 11) is 0. The SMILES string of the molecule is N#CCCCCC[NH]. The van der Waals surface area contributed by atoms with Crippen molar-refractivity contribution >= 4 is 0 Å². The standard InChI is InChI=1S/C6H11N2/c7-5-3-1-2-4-6-8/h7H,1-5H2. The van der Waals surface area contributed by atoms with Crippen molar-refractivity contribution in [3.05, 3.63) is 0 Å². The van der Waals surface area contributed by atoms with Crippen LogP contribution in [0.2, 0.25) is 0 Å². The zero-order chi connectivity index (χ0) is 6.24. The Labute approximate surface area is 50.3 Å².